The molecule has 0 aliphatic carbocycles. The lowest BCUT2D eigenvalue weighted by molar-refractivity contribution is 0.194. The monoisotopic (exact) mass is 236 g/mol. The van der Waals surface area contributed by atoms with Crippen LogP contribution in [0.3, 0.4) is 0 Å². The van der Waals surface area contributed by atoms with E-state index in [2.05, 4.69) is 15.5 Å². The minimum Gasteiger partial charge on any atom is -0.493 e. The van der Waals surface area contributed by atoms with Crippen molar-refractivity contribution >= 4 is 0 Å². The van der Waals surface area contributed by atoms with Crippen LogP contribution in [-0.4, -0.2) is 39.5 Å². The SMILES string of the molecule is COc1ccc(-c2nnnn2CO)cc1OC. The summed E-state index contributed by atoms with van der Waals surface area (Å²) in [6.07, 6.45) is 0. The van der Waals surface area contributed by atoms with E-state index >= 15 is 0 Å². The number of hydrogen-bond acceptors (Lipinski definition) is 6. The van der Waals surface area contributed by atoms with Crippen LogP contribution in [0, 0.1) is 0 Å². The molecule has 1 heterocycles. The summed E-state index contributed by atoms with van der Waals surface area (Å²) < 4.78 is 11.6. The maximum Gasteiger partial charge on any atom is 0.184 e. The molecule has 0 aliphatic rings. The van der Waals surface area contributed by atoms with Gasteiger partial charge in [-0.05, 0) is 28.6 Å². The molecule has 2 aromatic rings. The van der Waals surface area contributed by atoms with Crippen LogP contribution in [0.25, 0.3) is 11.4 Å². The highest BCUT2D eigenvalue weighted by Crippen LogP contribution is 2.31. The highest BCUT2D eigenvalue weighted by atomic mass is 16.5. The third-order valence-corrected chi connectivity index (χ3v) is 2.31. The average molecular weight is 236 g/mol. The summed E-state index contributed by atoms with van der Waals surface area (Å²) in [5.41, 5.74) is 0.738. The number of methoxy groups -OCH3 is 2. The number of tetrazole rings is 1. The molecule has 0 amide bonds. The van der Waals surface area contributed by atoms with Gasteiger partial charge in [-0.15, -0.1) is 5.10 Å². The number of aromatic nitrogens is 4. The molecule has 1 aromatic heterocycles. The quantitative estimate of drug-likeness (QED) is 0.822. The van der Waals surface area contributed by atoms with Crippen LogP contribution in [0.5, 0.6) is 11.5 Å². The smallest absolute Gasteiger partial charge is 0.184 e. The van der Waals surface area contributed by atoms with Gasteiger partial charge < -0.3 is 14.6 Å². The van der Waals surface area contributed by atoms with Crippen LogP contribution in [-0.2, 0) is 6.73 Å². The summed E-state index contributed by atoms with van der Waals surface area (Å²) in [6, 6.07) is 5.29. The second-order valence-corrected chi connectivity index (χ2v) is 3.21. The van der Waals surface area contributed by atoms with Crippen LogP contribution in [0.1, 0.15) is 0 Å². The minimum atomic E-state index is -0.281. The largest absolute Gasteiger partial charge is 0.493 e. The minimum absolute atomic E-state index is 0.281. The van der Waals surface area contributed by atoms with Gasteiger partial charge in [-0.2, -0.15) is 4.68 Å². The number of rotatable bonds is 4. The Balaban J connectivity index is 2.46. The van der Waals surface area contributed by atoms with Crippen molar-refractivity contribution in [3.05, 3.63) is 18.2 Å². The standard InChI is InChI=1S/C10H12N4O3/c1-16-8-4-3-7(5-9(8)17-2)10-11-12-13-14(10)6-15/h3-5,15H,6H2,1-2H3. The van der Waals surface area contributed by atoms with Gasteiger partial charge in [0.15, 0.2) is 17.3 Å². The van der Waals surface area contributed by atoms with Gasteiger partial charge in [-0.3, -0.25) is 0 Å². The maximum absolute atomic E-state index is 9.06. The van der Waals surface area contributed by atoms with Crippen molar-refractivity contribution in [2.24, 2.45) is 0 Å². The zero-order valence-corrected chi connectivity index (χ0v) is 9.49. The van der Waals surface area contributed by atoms with E-state index in [9.17, 15) is 0 Å². The van der Waals surface area contributed by atoms with Gasteiger partial charge >= 0.3 is 0 Å². The summed E-state index contributed by atoms with van der Waals surface area (Å²) in [5.74, 6) is 1.67. The first-order chi connectivity index (χ1) is 8.30. The van der Waals surface area contributed by atoms with Gasteiger partial charge in [-0.25, -0.2) is 0 Å². The van der Waals surface area contributed by atoms with Gasteiger partial charge in [0.25, 0.3) is 0 Å². The Morgan fingerprint density at radius 3 is 2.65 bits per heavy atom. The molecule has 2 rings (SSSR count). The summed E-state index contributed by atoms with van der Waals surface area (Å²) in [6.45, 7) is -0.281. The molecule has 0 aliphatic heterocycles. The number of aliphatic hydroxyl groups is 1. The van der Waals surface area contributed by atoms with Crippen molar-refractivity contribution in [1.29, 1.82) is 0 Å². The fraction of sp³-hybridized carbons (Fsp3) is 0.300. The van der Waals surface area contributed by atoms with E-state index in [1.165, 1.54) is 4.68 Å². The zero-order chi connectivity index (χ0) is 12.3. The fourth-order valence-electron chi connectivity index (χ4n) is 1.48. The first kappa shape index (κ1) is 11.3. The Kier molecular flexibility index (Phi) is 3.20. The molecule has 0 spiro atoms. The van der Waals surface area contributed by atoms with E-state index < -0.39 is 0 Å². The molecule has 7 nitrogen and oxygen atoms in total. The molecule has 1 aromatic carbocycles. The normalized spacial score (nSPS) is 10.3. The Bertz CT molecular complexity index is 512. The molecule has 0 atom stereocenters. The molecule has 0 saturated carbocycles. The van der Waals surface area contributed by atoms with Gasteiger partial charge in [-0.1, -0.05) is 0 Å². The second kappa shape index (κ2) is 4.79. The van der Waals surface area contributed by atoms with Gasteiger partial charge in [0.2, 0.25) is 0 Å². The van der Waals surface area contributed by atoms with Crippen molar-refractivity contribution in [1.82, 2.24) is 20.2 Å². The molecule has 17 heavy (non-hydrogen) atoms. The lowest BCUT2D eigenvalue weighted by atomic mass is 10.2. The zero-order valence-electron chi connectivity index (χ0n) is 9.49. The third kappa shape index (κ3) is 2.04. The molecule has 0 unspecified atom stereocenters. The first-order valence-corrected chi connectivity index (χ1v) is 4.89. The van der Waals surface area contributed by atoms with Crippen molar-refractivity contribution in [3.8, 4) is 22.9 Å². The Hall–Kier alpha value is -2.15. The molecular weight excluding hydrogens is 224 g/mol. The van der Waals surface area contributed by atoms with Crippen LogP contribution in [0.15, 0.2) is 18.2 Å². The first-order valence-electron chi connectivity index (χ1n) is 4.89. The van der Waals surface area contributed by atoms with Crippen molar-refractivity contribution in [2.75, 3.05) is 14.2 Å². The maximum atomic E-state index is 9.06. The van der Waals surface area contributed by atoms with E-state index in [1.54, 1.807) is 32.4 Å². The van der Waals surface area contributed by atoms with Crippen molar-refractivity contribution in [3.63, 3.8) is 0 Å². The predicted octanol–water partition coefficient (Wildman–Crippen LogP) is 0.307. The molecule has 0 fully saturated rings. The number of hydrogen-bond donors (Lipinski definition) is 1. The van der Waals surface area contributed by atoms with E-state index in [1.807, 2.05) is 0 Å². The summed E-state index contributed by atoms with van der Waals surface area (Å²) >= 11 is 0. The lowest BCUT2D eigenvalue weighted by Crippen LogP contribution is -2.02. The van der Waals surface area contributed by atoms with Gasteiger partial charge in [0.1, 0.15) is 6.73 Å². The average Bonchev–Trinajstić information content (AvgIpc) is 2.86. The molecule has 0 saturated heterocycles. The van der Waals surface area contributed by atoms with E-state index in [0.29, 0.717) is 17.3 Å². The van der Waals surface area contributed by atoms with E-state index in [0.717, 1.165) is 5.56 Å². The number of aliphatic hydroxyl groups excluding tert-OH is 1. The second-order valence-electron chi connectivity index (χ2n) is 3.21. The van der Waals surface area contributed by atoms with Crippen LogP contribution >= 0.6 is 0 Å². The Labute approximate surface area is 97.6 Å². The predicted molar refractivity (Wildman–Crippen MR) is 58.6 cm³/mol. The summed E-state index contributed by atoms with van der Waals surface area (Å²) in [5, 5.41) is 20.0. The number of nitrogens with zero attached hydrogens (tertiary/aromatic N) is 4. The van der Waals surface area contributed by atoms with Crippen LogP contribution in [0.2, 0.25) is 0 Å². The van der Waals surface area contributed by atoms with E-state index in [-0.39, 0.29) is 6.73 Å². The van der Waals surface area contributed by atoms with Crippen molar-refractivity contribution in [2.45, 2.75) is 6.73 Å². The molecule has 7 heteroatoms. The highest BCUT2D eigenvalue weighted by molar-refractivity contribution is 5.60. The van der Waals surface area contributed by atoms with Gasteiger partial charge in [0, 0.05) is 5.56 Å². The number of ether oxygens (including phenoxy) is 2. The van der Waals surface area contributed by atoms with Crippen molar-refractivity contribution < 1.29 is 14.6 Å². The molecular formula is C10H12N4O3. The van der Waals surface area contributed by atoms with Gasteiger partial charge in [0.05, 0.1) is 14.2 Å². The van der Waals surface area contributed by atoms with E-state index in [4.69, 9.17) is 14.6 Å². The number of benzene rings is 1. The summed E-state index contributed by atoms with van der Waals surface area (Å²) in [4.78, 5) is 0. The fourth-order valence-corrected chi connectivity index (χ4v) is 1.48. The molecule has 0 bridgehead atoms. The lowest BCUT2D eigenvalue weighted by Gasteiger charge is -2.08. The Morgan fingerprint density at radius 1 is 1.24 bits per heavy atom. The topological polar surface area (TPSA) is 82.3 Å². The molecule has 0 radical (unpaired) electrons. The molecule has 1 N–H and O–H groups in total. The third-order valence-electron chi connectivity index (χ3n) is 2.31. The van der Waals surface area contributed by atoms with Crippen LogP contribution in [0.4, 0.5) is 0 Å². The van der Waals surface area contributed by atoms with Crippen LogP contribution < -0.4 is 9.47 Å². The molecule has 90 valence electrons. The Morgan fingerprint density at radius 2 is 2.00 bits per heavy atom. The highest BCUT2D eigenvalue weighted by Gasteiger charge is 2.11. The summed E-state index contributed by atoms with van der Waals surface area (Å²) in [7, 11) is 3.12.